The van der Waals surface area contributed by atoms with E-state index in [1.165, 1.54) is 5.56 Å². The average molecular weight is 215 g/mol. The molecule has 1 aromatic carbocycles. The van der Waals surface area contributed by atoms with Crippen LogP contribution in [-0.2, 0) is 27.4 Å². The lowest BCUT2D eigenvalue weighted by molar-refractivity contribution is 0.687. The van der Waals surface area contributed by atoms with Gasteiger partial charge in [-0.25, -0.2) is 0 Å². The van der Waals surface area contributed by atoms with Crippen molar-refractivity contribution in [3.8, 4) is 0 Å². The largest absolute Gasteiger partial charge is 0.255 e. The van der Waals surface area contributed by atoms with Crippen molar-refractivity contribution < 1.29 is 4.21 Å². The zero-order valence-electron chi connectivity index (χ0n) is 8.24. The minimum absolute atomic E-state index is 0.440. The fourth-order valence-corrected chi connectivity index (χ4v) is 2.49. The fourth-order valence-electron chi connectivity index (χ4n) is 1.11. The van der Waals surface area contributed by atoms with Crippen LogP contribution in [0.2, 0.25) is 0 Å². The summed E-state index contributed by atoms with van der Waals surface area (Å²) in [6.07, 6.45) is 6.16. The molecule has 0 amide bonds. The summed E-state index contributed by atoms with van der Waals surface area (Å²) < 4.78 is 11.1. The Morgan fingerprint density at radius 1 is 1.23 bits per heavy atom. The van der Waals surface area contributed by atoms with E-state index in [9.17, 15) is 4.21 Å². The molecule has 1 rings (SSSR count). The first kappa shape index (κ1) is 10.8. The van der Waals surface area contributed by atoms with Crippen LogP contribution in [0.25, 0.3) is 0 Å². The molecule has 0 aliphatic heterocycles. The molecule has 0 saturated heterocycles. The summed E-state index contributed by atoms with van der Waals surface area (Å²) in [4.78, 5) is 0.913. The van der Waals surface area contributed by atoms with Crippen LogP contribution in [-0.4, -0.2) is 23.0 Å². The summed E-state index contributed by atoms with van der Waals surface area (Å²) in [5.74, 6) is 1.12. The Morgan fingerprint density at radius 3 is 2.15 bits per heavy atom. The molecule has 72 valence electrons. The molecule has 0 N–H and O–H groups in total. The number of rotatable bonds is 3. The molecular weight excluding hydrogens is 200 g/mol. The van der Waals surface area contributed by atoms with Crippen LogP contribution in [0.15, 0.2) is 29.2 Å². The third-order valence-electron chi connectivity index (χ3n) is 1.71. The maximum absolute atomic E-state index is 11.1. The fraction of sp³-hybridized carbons (Fsp3) is 0.400. The second-order valence-corrected chi connectivity index (χ2v) is 6.87. The molecule has 0 bridgehead atoms. The molecule has 0 saturated carbocycles. The highest BCUT2D eigenvalue weighted by Gasteiger charge is 2.04. The van der Waals surface area contributed by atoms with Gasteiger partial charge in [0.15, 0.2) is 0 Å². The highest BCUT2D eigenvalue weighted by molar-refractivity contribution is 7.94. The lowest BCUT2D eigenvalue weighted by atomic mass is 10.2. The summed E-state index contributed by atoms with van der Waals surface area (Å²) in [5.41, 5.74) is 1.34. The standard InChI is InChI=1S/C10H15OS2/c1-12(2)8-9-4-6-10(7-5-9)13(3)11/h4-7H,8H2,1-3H3/q+1. The minimum Gasteiger partial charge on any atom is -0.255 e. The van der Waals surface area contributed by atoms with Gasteiger partial charge in [-0.1, -0.05) is 12.1 Å². The van der Waals surface area contributed by atoms with Gasteiger partial charge in [0.25, 0.3) is 0 Å². The van der Waals surface area contributed by atoms with Gasteiger partial charge in [0, 0.05) is 27.5 Å². The van der Waals surface area contributed by atoms with Gasteiger partial charge in [0.2, 0.25) is 0 Å². The molecule has 13 heavy (non-hydrogen) atoms. The van der Waals surface area contributed by atoms with E-state index in [0.29, 0.717) is 10.9 Å². The van der Waals surface area contributed by atoms with Crippen molar-refractivity contribution in [2.75, 3.05) is 18.8 Å². The van der Waals surface area contributed by atoms with E-state index in [1.807, 2.05) is 12.1 Å². The molecule has 0 spiro atoms. The van der Waals surface area contributed by atoms with E-state index in [0.717, 1.165) is 10.6 Å². The van der Waals surface area contributed by atoms with E-state index >= 15 is 0 Å². The summed E-state index contributed by atoms with van der Waals surface area (Å²) >= 11 is 0. The Bertz CT molecular complexity index is 290. The summed E-state index contributed by atoms with van der Waals surface area (Å²) in [5, 5.41) is 0. The zero-order chi connectivity index (χ0) is 9.84. The summed E-state index contributed by atoms with van der Waals surface area (Å²) in [7, 11) is -0.407. The van der Waals surface area contributed by atoms with Crippen molar-refractivity contribution in [3.05, 3.63) is 29.8 Å². The predicted molar refractivity (Wildman–Crippen MR) is 61.7 cm³/mol. The van der Waals surface area contributed by atoms with Crippen LogP contribution < -0.4 is 0 Å². The van der Waals surface area contributed by atoms with E-state index in [-0.39, 0.29) is 0 Å². The maximum atomic E-state index is 11.1. The molecule has 1 unspecified atom stereocenters. The molecule has 0 aromatic heterocycles. The lowest BCUT2D eigenvalue weighted by Crippen LogP contribution is -1.99. The van der Waals surface area contributed by atoms with Crippen molar-refractivity contribution in [1.29, 1.82) is 0 Å². The molecule has 3 heteroatoms. The van der Waals surface area contributed by atoms with E-state index in [4.69, 9.17) is 0 Å². The highest BCUT2D eigenvalue weighted by atomic mass is 32.2. The molecule has 0 aliphatic rings. The molecule has 0 heterocycles. The van der Waals surface area contributed by atoms with Crippen LogP contribution >= 0.6 is 0 Å². The molecule has 1 aromatic rings. The monoisotopic (exact) mass is 215 g/mol. The first-order chi connectivity index (χ1) is 6.09. The van der Waals surface area contributed by atoms with E-state index in [1.54, 1.807) is 6.26 Å². The van der Waals surface area contributed by atoms with Crippen LogP contribution in [0.3, 0.4) is 0 Å². The van der Waals surface area contributed by atoms with E-state index < -0.39 is 10.8 Å². The van der Waals surface area contributed by atoms with E-state index in [2.05, 4.69) is 24.6 Å². The van der Waals surface area contributed by atoms with Gasteiger partial charge >= 0.3 is 0 Å². The molecule has 0 radical (unpaired) electrons. The normalized spacial score (nSPS) is 13.2. The Balaban J connectivity index is 2.75. The number of hydrogen-bond donors (Lipinski definition) is 0. The second kappa shape index (κ2) is 4.82. The molecule has 1 nitrogen and oxygen atoms in total. The topological polar surface area (TPSA) is 17.1 Å². The van der Waals surface area contributed by atoms with Gasteiger partial charge in [-0.15, -0.1) is 0 Å². The Hall–Kier alpha value is -0.280. The van der Waals surface area contributed by atoms with Gasteiger partial charge in [0.1, 0.15) is 5.75 Å². The zero-order valence-corrected chi connectivity index (χ0v) is 9.87. The lowest BCUT2D eigenvalue weighted by Gasteiger charge is -1.99. The molecule has 0 fully saturated rings. The SMILES string of the molecule is CS(=O)c1ccc(C[S+](C)C)cc1. The van der Waals surface area contributed by atoms with Gasteiger partial charge in [-0.05, 0) is 23.0 Å². The highest BCUT2D eigenvalue weighted by Crippen LogP contribution is 2.09. The third-order valence-corrected chi connectivity index (χ3v) is 3.56. The maximum Gasteiger partial charge on any atom is 0.132 e. The van der Waals surface area contributed by atoms with Gasteiger partial charge < -0.3 is 0 Å². The van der Waals surface area contributed by atoms with Crippen molar-refractivity contribution >= 4 is 21.7 Å². The van der Waals surface area contributed by atoms with Crippen LogP contribution in [0.5, 0.6) is 0 Å². The van der Waals surface area contributed by atoms with Crippen LogP contribution in [0.4, 0.5) is 0 Å². The summed E-state index contributed by atoms with van der Waals surface area (Å²) in [6.45, 7) is 0. The average Bonchev–Trinajstić information content (AvgIpc) is 2.04. The summed E-state index contributed by atoms with van der Waals surface area (Å²) in [6, 6.07) is 8.06. The van der Waals surface area contributed by atoms with Gasteiger partial charge in [-0.2, -0.15) is 0 Å². The van der Waals surface area contributed by atoms with Crippen LogP contribution in [0.1, 0.15) is 5.56 Å². The third kappa shape index (κ3) is 3.53. The predicted octanol–water partition coefficient (Wildman–Crippen LogP) is 1.80. The van der Waals surface area contributed by atoms with Crippen molar-refractivity contribution in [2.24, 2.45) is 0 Å². The first-order valence-electron chi connectivity index (χ1n) is 4.06. The molecule has 1 atom stereocenters. The van der Waals surface area contributed by atoms with Crippen molar-refractivity contribution in [1.82, 2.24) is 0 Å². The molecular formula is C10H15OS2+. The van der Waals surface area contributed by atoms with Gasteiger partial charge in [0.05, 0.1) is 12.5 Å². The number of hydrogen-bond acceptors (Lipinski definition) is 1. The van der Waals surface area contributed by atoms with Gasteiger partial charge in [-0.3, -0.25) is 4.21 Å². The minimum atomic E-state index is -0.848. The quantitative estimate of drug-likeness (QED) is 0.703. The van der Waals surface area contributed by atoms with Crippen molar-refractivity contribution in [2.45, 2.75) is 10.6 Å². The van der Waals surface area contributed by atoms with Crippen molar-refractivity contribution in [3.63, 3.8) is 0 Å². The first-order valence-corrected chi connectivity index (χ1v) is 7.83. The molecule has 0 aliphatic carbocycles. The number of benzene rings is 1. The Morgan fingerprint density at radius 2 is 1.77 bits per heavy atom. The second-order valence-electron chi connectivity index (χ2n) is 3.23. The smallest absolute Gasteiger partial charge is 0.132 e. The Labute approximate surface area is 85.4 Å². The van der Waals surface area contributed by atoms with Crippen LogP contribution in [0, 0.1) is 0 Å². The Kier molecular flexibility index (Phi) is 4.00.